The number of aliphatic carboxylic acids is 1. The van der Waals surface area contributed by atoms with Gasteiger partial charge in [-0.2, -0.15) is 13.2 Å². The minimum absolute atomic E-state index is 0.103. The number of unbranched alkanes of at least 4 members (excludes halogenated alkanes) is 1. The normalized spacial score (nSPS) is 12.6. The minimum atomic E-state index is -5.09. The van der Waals surface area contributed by atoms with Crippen LogP contribution in [0.4, 0.5) is 13.2 Å². The van der Waals surface area contributed by atoms with Crippen LogP contribution in [-0.2, 0) is 14.4 Å². The van der Waals surface area contributed by atoms with E-state index in [0.717, 1.165) is 0 Å². The summed E-state index contributed by atoms with van der Waals surface area (Å²) in [6.07, 6.45) is -3.98. The SMILES string of the molecule is NCCCCC(NC(=O)CNC(=O)C(F)(F)F)C(=O)O. The molecule has 2 amide bonds. The average molecular weight is 299 g/mol. The number of amides is 2. The molecule has 116 valence electrons. The van der Waals surface area contributed by atoms with E-state index in [1.807, 2.05) is 5.32 Å². The number of halogens is 3. The van der Waals surface area contributed by atoms with Gasteiger partial charge in [0, 0.05) is 0 Å². The Hall–Kier alpha value is -1.84. The Bertz CT molecular complexity index is 360. The van der Waals surface area contributed by atoms with Crippen LogP contribution >= 0.6 is 0 Å². The first-order valence-electron chi connectivity index (χ1n) is 5.75. The second-order valence-corrected chi connectivity index (χ2v) is 3.92. The van der Waals surface area contributed by atoms with Gasteiger partial charge in [0.1, 0.15) is 6.04 Å². The molecular formula is C10H16F3N3O4. The zero-order valence-corrected chi connectivity index (χ0v) is 10.5. The molecule has 0 aromatic rings. The Morgan fingerprint density at radius 3 is 2.25 bits per heavy atom. The van der Waals surface area contributed by atoms with Crippen LogP contribution < -0.4 is 16.4 Å². The molecule has 0 rings (SSSR count). The molecule has 0 aliphatic rings. The maximum absolute atomic E-state index is 11.8. The van der Waals surface area contributed by atoms with Gasteiger partial charge in [-0.15, -0.1) is 0 Å². The van der Waals surface area contributed by atoms with E-state index in [4.69, 9.17) is 10.8 Å². The van der Waals surface area contributed by atoms with Gasteiger partial charge in [0.2, 0.25) is 5.91 Å². The molecule has 5 N–H and O–H groups in total. The standard InChI is InChI=1S/C10H16F3N3O4/c11-10(12,13)9(20)15-5-7(17)16-6(8(18)19)3-1-2-4-14/h6H,1-5,14H2,(H,15,20)(H,16,17)(H,18,19). The minimum Gasteiger partial charge on any atom is -0.480 e. The molecule has 20 heavy (non-hydrogen) atoms. The maximum atomic E-state index is 11.8. The molecule has 0 heterocycles. The molecule has 0 aliphatic heterocycles. The van der Waals surface area contributed by atoms with E-state index in [2.05, 4.69) is 0 Å². The molecule has 0 saturated carbocycles. The van der Waals surface area contributed by atoms with Crippen molar-refractivity contribution in [2.75, 3.05) is 13.1 Å². The van der Waals surface area contributed by atoms with E-state index in [-0.39, 0.29) is 6.42 Å². The van der Waals surface area contributed by atoms with Crippen molar-refractivity contribution in [3.05, 3.63) is 0 Å². The Kier molecular flexibility index (Phi) is 7.59. The number of rotatable bonds is 8. The monoisotopic (exact) mass is 299 g/mol. The second-order valence-electron chi connectivity index (χ2n) is 3.92. The Balaban J connectivity index is 4.20. The van der Waals surface area contributed by atoms with Crippen LogP contribution in [0.1, 0.15) is 19.3 Å². The van der Waals surface area contributed by atoms with E-state index < -0.39 is 36.5 Å². The molecule has 0 aliphatic carbocycles. The van der Waals surface area contributed by atoms with E-state index >= 15 is 0 Å². The van der Waals surface area contributed by atoms with Crippen LogP contribution in [0.25, 0.3) is 0 Å². The summed E-state index contributed by atoms with van der Waals surface area (Å²) in [4.78, 5) is 32.5. The smallest absolute Gasteiger partial charge is 0.471 e. The van der Waals surface area contributed by atoms with Crippen molar-refractivity contribution in [1.29, 1.82) is 0 Å². The van der Waals surface area contributed by atoms with Crippen molar-refractivity contribution < 1.29 is 32.7 Å². The van der Waals surface area contributed by atoms with Crippen molar-refractivity contribution in [3.8, 4) is 0 Å². The molecule has 0 saturated heterocycles. The number of carbonyl (C=O) groups is 3. The zero-order chi connectivity index (χ0) is 15.8. The van der Waals surface area contributed by atoms with E-state index in [9.17, 15) is 27.6 Å². The summed E-state index contributed by atoms with van der Waals surface area (Å²) in [6.45, 7) is -0.582. The third-order valence-electron chi connectivity index (χ3n) is 2.25. The summed E-state index contributed by atoms with van der Waals surface area (Å²) < 4.78 is 35.5. The van der Waals surface area contributed by atoms with E-state index in [1.54, 1.807) is 0 Å². The molecule has 1 unspecified atom stereocenters. The van der Waals surface area contributed by atoms with Gasteiger partial charge in [-0.25, -0.2) is 4.79 Å². The third kappa shape index (κ3) is 7.56. The van der Waals surface area contributed by atoms with Crippen molar-refractivity contribution in [2.24, 2.45) is 5.73 Å². The number of carboxylic acids is 1. The number of nitrogens with one attached hydrogen (secondary N) is 2. The Labute approximate surface area is 112 Å². The van der Waals surface area contributed by atoms with E-state index in [0.29, 0.717) is 19.4 Å². The predicted octanol–water partition coefficient (Wildman–Crippen LogP) is -0.637. The summed E-state index contributed by atoms with van der Waals surface area (Å²) >= 11 is 0. The molecule has 0 radical (unpaired) electrons. The van der Waals surface area contributed by atoms with Crippen LogP contribution in [0.15, 0.2) is 0 Å². The summed E-state index contributed by atoms with van der Waals surface area (Å²) in [6, 6.07) is -1.23. The molecule has 1 atom stereocenters. The highest BCUT2D eigenvalue weighted by molar-refractivity contribution is 5.89. The summed E-state index contributed by atoms with van der Waals surface area (Å²) in [5, 5.41) is 12.2. The molecule has 7 nitrogen and oxygen atoms in total. The van der Waals surface area contributed by atoms with Gasteiger partial charge in [-0.3, -0.25) is 9.59 Å². The van der Waals surface area contributed by atoms with Gasteiger partial charge in [-0.05, 0) is 25.8 Å². The fourth-order valence-electron chi connectivity index (χ4n) is 1.26. The lowest BCUT2D eigenvalue weighted by Crippen LogP contribution is -2.47. The van der Waals surface area contributed by atoms with Crippen LogP contribution in [0.3, 0.4) is 0 Å². The highest BCUT2D eigenvalue weighted by Crippen LogP contribution is 2.13. The number of alkyl halides is 3. The van der Waals surface area contributed by atoms with Crippen LogP contribution in [0.5, 0.6) is 0 Å². The Morgan fingerprint density at radius 1 is 1.20 bits per heavy atom. The summed E-state index contributed by atoms with van der Waals surface area (Å²) in [7, 11) is 0. The van der Waals surface area contributed by atoms with Crippen molar-refractivity contribution in [1.82, 2.24) is 10.6 Å². The largest absolute Gasteiger partial charge is 0.480 e. The number of hydrogen-bond acceptors (Lipinski definition) is 4. The summed E-state index contributed by atoms with van der Waals surface area (Å²) in [5.41, 5.74) is 5.23. The lowest BCUT2D eigenvalue weighted by atomic mass is 10.1. The van der Waals surface area contributed by atoms with Gasteiger partial charge >= 0.3 is 18.1 Å². The lowest BCUT2D eigenvalue weighted by Gasteiger charge is -2.14. The number of hydrogen-bond donors (Lipinski definition) is 4. The first-order chi connectivity index (χ1) is 9.18. The number of carboxylic acid groups (broad SMARTS) is 1. The maximum Gasteiger partial charge on any atom is 0.471 e. The Morgan fingerprint density at radius 2 is 1.80 bits per heavy atom. The molecule has 0 spiro atoms. The highest BCUT2D eigenvalue weighted by atomic mass is 19.4. The predicted molar refractivity (Wildman–Crippen MR) is 61.5 cm³/mol. The fraction of sp³-hybridized carbons (Fsp3) is 0.700. The molecular weight excluding hydrogens is 283 g/mol. The molecule has 0 bridgehead atoms. The average Bonchev–Trinajstić information content (AvgIpc) is 2.33. The van der Waals surface area contributed by atoms with Crippen LogP contribution in [0, 0.1) is 0 Å². The highest BCUT2D eigenvalue weighted by Gasteiger charge is 2.38. The molecule has 0 fully saturated rings. The van der Waals surface area contributed by atoms with E-state index in [1.165, 1.54) is 5.32 Å². The van der Waals surface area contributed by atoms with Crippen molar-refractivity contribution >= 4 is 17.8 Å². The van der Waals surface area contributed by atoms with Gasteiger partial charge in [0.25, 0.3) is 0 Å². The van der Waals surface area contributed by atoms with Gasteiger partial charge < -0.3 is 21.5 Å². The van der Waals surface area contributed by atoms with Gasteiger partial charge in [0.15, 0.2) is 0 Å². The lowest BCUT2D eigenvalue weighted by molar-refractivity contribution is -0.173. The zero-order valence-electron chi connectivity index (χ0n) is 10.5. The second kappa shape index (κ2) is 8.35. The third-order valence-corrected chi connectivity index (χ3v) is 2.25. The van der Waals surface area contributed by atoms with Crippen LogP contribution in [0.2, 0.25) is 0 Å². The number of carbonyl (C=O) groups excluding carboxylic acids is 2. The first-order valence-corrected chi connectivity index (χ1v) is 5.75. The number of nitrogens with two attached hydrogens (primary N) is 1. The molecule has 10 heteroatoms. The topological polar surface area (TPSA) is 122 Å². The van der Waals surface area contributed by atoms with Gasteiger partial charge in [0.05, 0.1) is 6.54 Å². The quantitative estimate of drug-likeness (QED) is 0.444. The first kappa shape index (κ1) is 18.2. The van der Waals surface area contributed by atoms with Crippen molar-refractivity contribution in [2.45, 2.75) is 31.5 Å². The molecule has 0 aromatic heterocycles. The molecule has 0 aromatic carbocycles. The fourth-order valence-corrected chi connectivity index (χ4v) is 1.26. The van der Waals surface area contributed by atoms with Gasteiger partial charge in [-0.1, -0.05) is 0 Å². The van der Waals surface area contributed by atoms with Crippen LogP contribution in [-0.4, -0.2) is 48.2 Å². The van der Waals surface area contributed by atoms with Crippen molar-refractivity contribution in [3.63, 3.8) is 0 Å². The summed E-state index contributed by atoms with van der Waals surface area (Å²) in [5.74, 6) is -4.58.